The minimum Gasteiger partial charge on any atom is -0.379 e. The maximum atomic E-state index is 14.1. The summed E-state index contributed by atoms with van der Waals surface area (Å²) in [6, 6.07) is 11.7. The molecule has 0 aromatic heterocycles. The fourth-order valence-electron chi connectivity index (χ4n) is 2.47. The van der Waals surface area contributed by atoms with E-state index in [-0.39, 0.29) is 29.9 Å². The molecule has 33 heavy (non-hydrogen) atoms. The molecule has 0 aliphatic rings. The summed E-state index contributed by atoms with van der Waals surface area (Å²) in [7, 11) is 0. The molecule has 2 aromatic carbocycles. The van der Waals surface area contributed by atoms with E-state index in [1.807, 2.05) is 5.32 Å². The first kappa shape index (κ1) is 25.5. The van der Waals surface area contributed by atoms with E-state index in [9.17, 15) is 26.7 Å². The van der Waals surface area contributed by atoms with Crippen LogP contribution < -0.4 is 5.32 Å². The van der Waals surface area contributed by atoms with Crippen LogP contribution >= 0.6 is 0 Å². The van der Waals surface area contributed by atoms with Crippen LogP contribution in [0, 0.1) is 16.6 Å². The van der Waals surface area contributed by atoms with Gasteiger partial charge in [0.15, 0.2) is 11.6 Å². The average molecular weight is 465 g/mol. The van der Waals surface area contributed by atoms with Gasteiger partial charge in [0.2, 0.25) is 0 Å². The summed E-state index contributed by atoms with van der Waals surface area (Å²) in [6.45, 7) is -1.37. The molecule has 0 unspecified atom stereocenters. The van der Waals surface area contributed by atoms with Crippen LogP contribution in [0.2, 0.25) is 0 Å². The van der Waals surface area contributed by atoms with Gasteiger partial charge in [0.1, 0.15) is 5.71 Å². The maximum absolute atomic E-state index is 14.1. The number of anilines is 1. The van der Waals surface area contributed by atoms with Crippen molar-refractivity contribution in [3.63, 3.8) is 0 Å². The highest BCUT2D eigenvalue weighted by atomic mass is 19.3. The van der Waals surface area contributed by atoms with Crippen molar-refractivity contribution < 1.29 is 26.7 Å². The lowest BCUT2D eigenvalue weighted by Crippen LogP contribution is -2.34. The van der Waals surface area contributed by atoms with Crippen LogP contribution in [0.3, 0.4) is 0 Å². The summed E-state index contributed by atoms with van der Waals surface area (Å²) in [5.74, 6) is -5.84. The monoisotopic (exact) mass is 465 g/mol. The summed E-state index contributed by atoms with van der Waals surface area (Å²) in [6.07, 6.45) is -2.13. The fraction of sp³-hybridized carbons (Fsp3) is 0.227. The summed E-state index contributed by atoms with van der Waals surface area (Å²) in [4.78, 5) is 20.3. The number of carbonyl (C=O) groups excluding carboxylic acids is 1. The fourth-order valence-corrected chi connectivity index (χ4v) is 2.47. The van der Waals surface area contributed by atoms with E-state index in [0.717, 1.165) is 24.6 Å². The van der Waals surface area contributed by atoms with Crippen LogP contribution in [0.1, 0.15) is 12.8 Å². The summed E-state index contributed by atoms with van der Waals surface area (Å²) < 4.78 is 64.4. The number of nitrogens with zero attached hydrogens (tertiary/aromatic N) is 2. The van der Waals surface area contributed by atoms with Crippen molar-refractivity contribution in [1.82, 2.24) is 0 Å². The Hall–Kier alpha value is -3.76. The Morgan fingerprint density at radius 1 is 1.12 bits per heavy atom. The molecule has 0 fully saturated rings. The van der Waals surface area contributed by atoms with Crippen LogP contribution in [0.15, 0.2) is 58.5 Å². The number of hydrogen-bond acceptors (Lipinski definition) is 6. The molecule has 0 atom stereocenters. The van der Waals surface area contributed by atoms with Gasteiger partial charge in [-0.2, -0.15) is 8.78 Å². The summed E-state index contributed by atoms with van der Waals surface area (Å²) in [5.41, 5.74) is -0.149. The predicted molar refractivity (Wildman–Crippen MR) is 118 cm³/mol. The normalized spacial score (nSPS) is 12.2. The van der Waals surface area contributed by atoms with Crippen molar-refractivity contribution in [1.29, 1.82) is 10.8 Å². The lowest BCUT2D eigenvalue weighted by Gasteiger charge is -2.16. The molecule has 11 heteroatoms. The van der Waals surface area contributed by atoms with Crippen LogP contribution in [0.25, 0.3) is 0 Å². The number of nitrogens with one attached hydrogen (secondary N) is 3. The number of Topliss-reactive ketones (excluding diaryl/α,β-unsaturated/α-hetero) is 1. The van der Waals surface area contributed by atoms with Crippen molar-refractivity contribution >= 4 is 46.7 Å². The second kappa shape index (κ2) is 11.7. The molecule has 0 spiro atoms. The topological polar surface area (TPSA) is 102 Å². The maximum Gasteiger partial charge on any atom is 0.324 e. The largest absolute Gasteiger partial charge is 0.379 e. The number of alkyl halides is 4. The van der Waals surface area contributed by atoms with E-state index in [4.69, 9.17) is 10.8 Å². The molecule has 0 aliphatic heterocycles. The molecule has 0 saturated heterocycles. The van der Waals surface area contributed by atoms with Crippen molar-refractivity contribution in [3.05, 3.63) is 54.3 Å². The van der Waals surface area contributed by atoms with Gasteiger partial charge >= 0.3 is 12.3 Å². The molecule has 0 heterocycles. The molecule has 2 aromatic rings. The molecule has 0 bridgehead atoms. The molecule has 2 rings (SSSR count). The molecule has 3 N–H and O–H groups in total. The van der Waals surface area contributed by atoms with Crippen molar-refractivity contribution in [2.45, 2.75) is 25.2 Å². The number of carbonyl (C=O) groups is 1. The van der Waals surface area contributed by atoms with Crippen molar-refractivity contribution in [3.8, 4) is 0 Å². The first-order valence-electron chi connectivity index (χ1n) is 9.59. The Bertz CT molecular complexity index is 1050. The number of ketones is 1. The van der Waals surface area contributed by atoms with Gasteiger partial charge in [0.05, 0.1) is 23.6 Å². The molecule has 0 amide bonds. The lowest BCUT2D eigenvalue weighted by molar-refractivity contribution is -0.117. The van der Waals surface area contributed by atoms with Gasteiger partial charge in [-0.1, -0.05) is 18.2 Å². The van der Waals surface area contributed by atoms with Crippen molar-refractivity contribution in [2.75, 3.05) is 11.9 Å². The van der Waals surface area contributed by atoms with Crippen LogP contribution in [0.4, 0.5) is 39.0 Å². The number of hydrogen-bond donors (Lipinski definition) is 3. The van der Waals surface area contributed by atoms with Gasteiger partial charge in [-0.15, -0.1) is 0 Å². The van der Waals surface area contributed by atoms with Crippen LogP contribution in [-0.2, 0) is 4.79 Å². The number of benzene rings is 2. The number of rotatable bonds is 12. The molecular weight excluding hydrogens is 445 g/mol. The molecule has 0 aliphatic carbocycles. The van der Waals surface area contributed by atoms with E-state index >= 15 is 0 Å². The average Bonchev–Trinajstić information content (AvgIpc) is 2.78. The molecule has 174 valence electrons. The summed E-state index contributed by atoms with van der Waals surface area (Å²) in [5, 5.41) is 17.3. The number of aliphatic imine (C=N–C) groups is 2. The van der Waals surface area contributed by atoms with Gasteiger partial charge in [0.25, 0.3) is 0 Å². The molecule has 0 saturated carbocycles. The zero-order chi connectivity index (χ0) is 24.4. The second-order valence-corrected chi connectivity index (χ2v) is 6.70. The first-order chi connectivity index (χ1) is 15.6. The van der Waals surface area contributed by atoms with Gasteiger partial charge in [-0.3, -0.25) is 20.2 Å². The Morgan fingerprint density at radius 3 is 2.42 bits per heavy atom. The van der Waals surface area contributed by atoms with Crippen LogP contribution in [0.5, 0.6) is 0 Å². The first-order valence-corrected chi connectivity index (χ1v) is 9.59. The Balaban J connectivity index is 2.01. The van der Waals surface area contributed by atoms with E-state index < -0.39 is 36.2 Å². The third kappa shape index (κ3) is 7.70. The highest BCUT2D eigenvalue weighted by molar-refractivity contribution is 6.68. The van der Waals surface area contributed by atoms with E-state index in [1.165, 1.54) is 6.07 Å². The zero-order valence-corrected chi connectivity index (χ0v) is 17.2. The minimum absolute atomic E-state index is 0.0235. The molecule has 0 radical (unpaired) electrons. The summed E-state index contributed by atoms with van der Waals surface area (Å²) >= 11 is 0. The number of halogens is 5. The van der Waals surface area contributed by atoms with Crippen LogP contribution in [-0.4, -0.2) is 48.5 Å². The molecule has 6 nitrogen and oxygen atoms in total. The van der Waals surface area contributed by atoms with Gasteiger partial charge < -0.3 is 10.7 Å². The zero-order valence-electron chi connectivity index (χ0n) is 17.2. The Labute approximate surface area is 186 Å². The standard InChI is InChI=1S/C22H20F5N5O/c23-16-12-15(31-13-22(26,27)21(24)25)6-7-17(16)30-11-9-19(33)20(29)18(8-10-28)32-14-4-2-1-3-5-14/h1-7,10-12,21,28-29,31H,8-9,13H2. The lowest BCUT2D eigenvalue weighted by atomic mass is 10.1. The SMILES string of the molecule is N=CCC(=Nc1ccccc1)C(=N)C(=O)CC=Nc1ccc(NCC(F)(F)C(F)F)cc1F. The van der Waals surface area contributed by atoms with E-state index in [0.29, 0.717) is 5.69 Å². The number of para-hydroxylation sites is 1. The predicted octanol–water partition coefficient (Wildman–Crippen LogP) is 5.63. The minimum atomic E-state index is -4.27. The Kier molecular flexibility index (Phi) is 9.08. The Morgan fingerprint density at radius 2 is 1.82 bits per heavy atom. The van der Waals surface area contributed by atoms with E-state index in [1.54, 1.807) is 30.3 Å². The van der Waals surface area contributed by atoms with Gasteiger partial charge in [-0.25, -0.2) is 13.2 Å². The third-order valence-corrected chi connectivity index (χ3v) is 4.19. The second-order valence-electron chi connectivity index (χ2n) is 6.70. The third-order valence-electron chi connectivity index (χ3n) is 4.19. The van der Waals surface area contributed by atoms with E-state index in [2.05, 4.69) is 9.98 Å². The highest BCUT2D eigenvalue weighted by Gasteiger charge is 2.40. The highest BCUT2D eigenvalue weighted by Crippen LogP contribution is 2.25. The van der Waals surface area contributed by atoms with Crippen molar-refractivity contribution in [2.24, 2.45) is 9.98 Å². The smallest absolute Gasteiger partial charge is 0.324 e. The van der Waals surface area contributed by atoms with Gasteiger partial charge in [0, 0.05) is 31.0 Å². The molecular formula is C22H20F5N5O. The van der Waals surface area contributed by atoms with Gasteiger partial charge in [-0.05, 0) is 30.3 Å². The quantitative estimate of drug-likeness (QED) is 0.279.